The second-order valence-corrected chi connectivity index (χ2v) is 5.21. The number of fused-ring (bicyclic) bond motifs is 1. The van der Waals surface area contributed by atoms with E-state index in [1.54, 1.807) is 0 Å². The molecule has 1 atom stereocenters. The fourth-order valence-corrected chi connectivity index (χ4v) is 2.29. The Balaban J connectivity index is 2.45. The SMILES string of the molecule is CCC(C)CN(C)c1nc(CO)cc2ccccc12. The summed E-state index contributed by atoms with van der Waals surface area (Å²) in [5.74, 6) is 1.59. The zero-order valence-electron chi connectivity index (χ0n) is 11.9. The quantitative estimate of drug-likeness (QED) is 0.894. The first kappa shape index (κ1) is 13.8. The molecule has 0 saturated carbocycles. The van der Waals surface area contributed by atoms with Crippen molar-refractivity contribution in [1.82, 2.24) is 4.98 Å². The van der Waals surface area contributed by atoms with Gasteiger partial charge in [-0.1, -0.05) is 44.5 Å². The van der Waals surface area contributed by atoms with Crippen molar-refractivity contribution in [2.45, 2.75) is 26.9 Å². The molecular weight excluding hydrogens is 236 g/mol. The van der Waals surface area contributed by atoms with E-state index >= 15 is 0 Å². The van der Waals surface area contributed by atoms with Crippen LogP contribution >= 0.6 is 0 Å². The van der Waals surface area contributed by atoms with Crippen LogP contribution in [0.1, 0.15) is 26.0 Å². The normalized spacial score (nSPS) is 12.6. The molecular formula is C16H22N2O. The third-order valence-electron chi connectivity index (χ3n) is 3.58. The average Bonchev–Trinajstić information content (AvgIpc) is 2.45. The minimum Gasteiger partial charge on any atom is -0.390 e. The van der Waals surface area contributed by atoms with Gasteiger partial charge in [0.1, 0.15) is 5.82 Å². The topological polar surface area (TPSA) is 36.4 Å². The third kappa shape index (κ3) is 3.04. The lowest BCUT2D eigenvalue weighted by molar-refractivity contribution is 0.277. The summed E-state index contributed by atoms with van der Waals surface area (Å²) in [6, 6.07) is 10.2. The molecule has 0 spiro atoms. The molecule has 0 fully saturated rings. The van der Waals surface area contributed by atoms with E-state index in [9.17, 15) is 5.11 Å². The molecule has 0 aliphatic carbocycles. The number of aromatic nitrogens is 1. The highest BCUT2D eigenvalue weighted by molar-refractivity contribution is 5.92. The largest absolute Gasteiger partial charge is 0.390 e. The van der Waals surface area contributed by atoms with Crippen molar-refractivity contribution >= 4 is 16.6 Å². The Bertz CT molecular complexity index is 553. The summed E-state index contributed by atoms with van der Waals surface area (Å²) in [4.78, 5) is 6.77. The molecule has 2 rings (SSSR count). The van der Waals surface area contributed by atoms with Crippen molar-refractivity contribution in [2.24, 2.45) is 5.92 Å². The van der Waals surface area contributed by atoms with Crippen molar-refractivity contribution in [3.63, 3.8) is 0 Å². The second-order valence-electron chi connectivity index (χ2n) is 5.21. The van der Waals surface area contributed by atoms with Crippen LogP contribution in [0.2, 0.25) is 0 Å². The molecule has 0 radical (unpaired) electrons. The summed E-state index contributed by atoms with van der Waals surface area (Å²) in [5, 5.41) is 11.6. The van der Waals surface area contributed by atoms with E-state index in [4.69, 9.17) is 0 Å². The van der Waals surface area contributed by atoms with Crippen molar-refractivity contribution in [2.75, 3.05) is 18.5 Å². The fourth-order valence-electron chi connectivity index (χ4n) is 2.29. The number of aliphatic hydroxyl groups excluding tert-OH is 1. The van der Waals surface area contributed by atoms with Crippen LogP contribution in [0.4, 0.5) is 5.82 Å². The number of hydrogen-bond donors (Lipinski definition) is 1. The monoisotopic (exact) mass is 258 g/mol. The molecule has 1 heterocycles. The summed E-state index contributed by atoms with van der Waals surface area (Å²) in [7, 11) is 2.07. The van der Waals surface area contributed by atoms with Gasteiger partial charge in [0.2, 0.25) is 0 Å². The highest BCUT2D eigenvalue weighted by atomic mass is 16.3. The van der Waals surface area contributed by atoms with Gasteiger partial charge in [-0.3, -0.25) is 0 Å². The van der Waals surface area contributed by atoms with E-state index in [0.717, 1.165) is 35.2 Å². The maximum atomic E-state index is 9.35. The molecule has 3 nitrogen and oxygen atoms in total. The van der Waals surface area contributed by atoms with Crippen LogP contribution < -0.4 is 4.90 Å². The number of aliphatic hydroxyl groups is 1. The van der Waals surface area contributed by atoms with Gasteiger partial charge >= 0.3 is 0 Å². The van der Waals surface area contributed by atoms with Crippen molar-refractivity contribution < 1.29 is 5.11 Å². The molecule has 0 bridgehead atoms. The summed E-state index contributed by atoms with van der Waals surface area (Å²) >= 11 is 0. The summed E-state index contributed by atoms with van der Waals surface area (Å²) < 4.78 is 0. The van der Waals surface area contributed by atoms with Crippen molar-refractivity contribution in [3.05, 3.63) is 36.0 Å². The van der Waals surface area contributed by atoms with Gasteiger partial charge in [-0.2, -0.15) is 0 Å². The van der Waals surface area contributed by atoms with Crippen molar-refractivity contribution in [3.8, 4) is 0 Å². The van der Waals surface area contributed by atoms with Crippen LogP contribution in [-0.2, 0) is 6.61 Å². The van der Waals surface area contributed by atoms with Crippen LogP contribution in [0, 0.1) is 5.92 Å². The molecule has 0 aliphatic heterocycles. The highest BCUT2D eigenvalue weighted by Gasteiger charge is 2.11. The lowest BCUT2D eigenvalue weighted by Gasteiger charge is -2.23. The van der Waals surface area contributed by atoms with Crippen LogP contribution in [0.15, 0.2) is 30.3 Å². The molecule has 1 aromatic carbocycles. The van der Waals surface area contributed by atoms with Gasteiger partial charge < -0.3 is 10.0 Å². The molecule has 102 valence electrons. The Hall–Kier alpha value is -1.61. The minimum atomic E-state index is -0.0188. The summed E-state index contributed by atoms with van der Waals surface area (Å²) in [6.45, 7) is 5.40. The molecule has 0 aliphatic rings. The van der Waals surface area contributed by atoms with Gasteiger partial charge in [-0.05, 0) is 17.4 Å². The molecule has 1 unspecified atom stereocenters. The Labute approximate surface area is 114 Å². The lowest BCUT2D eigenvalue weighted by atomic mass is 10.1. The first-order valence-corrected chi connectivity index (χ1v) is 6.86. The maximum Gasteiger partial charge on any atom is 0.136 e. The van der Waals surface area contributed by atoms with Crippen LogP contribution in [0.5, 0.6) is 0 Å². The van der Waals surface area contributed by atoms with E-state index in [-0.39, 0.29) is 6.61 Å². The van der Waals surface area contributed by atoms with Gasteiger partial charge in [0.05, 0.1) is 12.3 Å². The Morgan fingerprint density at radius 3 is 2.74 bits per heavy atom. The standard InChI is InChI=1S/C16H22N2O/c1-4-12(2)10-18(3)16-15-8-6-5-7-13(15)9-14(11-19)17-16/h5-9,12,19H,4,10-11H2,1-3H3. The molecule has 19 heavy (non-hydrogen) atoms. The predicted octanol–water partition coefficient (Wildman–Crippen LogP) is 3.21. The first-order chi connectivity index (χ1) is 9.15. The summed E-state index contributed by atoms with van der Waals surface area (Å²) in [5.41, 5.74) is 0.727. The zero-order valence-corrected chi connectivity index (χ0v) is 11.9. The van der Waals surface area contributed by atoms with Gasteiger partial charge in [0.15, 0.2) is 0 Å². The van der Waals surface area contributed by atoms with Crippen molar-refractivity contribution in [1.29, 1.82) is 0 Å². The van der Waals surface area contributed by atoms with E-state index in [2.05, 4.69) is 42.9 Å². The van der Waals surface area contributed by atoms with E-state index < -0.39 is 0 Å². The molecule has 1 N–H and O–H groups in total. The minimum absolute atomic E-state index is 0.0188. The van der Waals surface area contributed by atoms with Crippen LogP contribution in [0.3, 0.4) is 0 Å². The zero-order chi connectivity index (χ0) is 13.8. The first-order valence-electron chi connectivity index (χ1n) is 6.86. The summed E-state index contributed by atoms with van der Waals surface area (Å²) in [6.07, 6.45) is 1.15. The number of anilines is 1. The van der Waals surface area contributed by atoms with E-state index in [1.807, 2.05) is 18.2 Å². The fraction of sp³-hybridized carbons (Fsp3) is 0.438. The maximum absolute atomic E-state index is 9.35. The third-order valence-corrected chi connectivity index (χ3v) is 3.58. The smallest absolute Gasteiger partial charge is 0.136 e. The van der Waals surface area contributed by atoms with E-state index in [0.29, 0.717) is 5.92 Å². The highest BCUT2D eigenvalue weighted by Crippen LogP contribution is 2.25. The lowest BCUT2D eigenvalue weighted by Crippen LogP contribution is -2.25. The molecule has 2 aromatic rings. The Kier molecular flexibility index (Phi) is 4.38. The Morgan fingerprint density at radius 2 is 2.05 bits per heavy atom. The number of pyridine rings is 1. The molecule has 0 amide bonds. The number of nitrogens with zero attached hydrogens (tertiary/aromatic N) is 2. The van der Waals surface area contributed by atoms with Gasteiger partial charge in [-0.25, -0.2) is 4.98 Å². The molecule has 0 saturated heterocycles. The number of hydrogen-bond acceptors (Lipinski definition) is 3. The van der Waals surface area contributed by atoms with Gasteiger partial charge in [-0.15, -0.1) is 0 Å². The van der Waals surface area contributed by atoms with Crippen LogP contribution in [0.25, 0.3) is 10.8 Å². The number of benzene rings is 1. The Morgan fingerprint density at radius 1 is 1.32 bits per heavy atom. The molecule has 3 heteroatoms. The average molecular weight is 258 g/mol. The van der Waals surface area contributed by atoms with Gasteiger partial charge in [0, 0.05) is 19.0 Å². The van der Waals surface area contributed by atoms with E-state index in [1.165, 1.54) is 0 Å². The number of rotatable bonds is 5. The predicted molar refractivity (Wildman–Crippen MR) is 80.4 cm³/mol. The van der Waals surface area contributed by atoms with Crippen LogP contribution in [-0.4, -0.2) is 23.7 Å². The second kappa shape index (κ2) is 6.02. The molecule has 1 aromatic heterocycles. The van der Waals surface area contributed by atoms with Gasteiger partial charge in [0.25, 0.3) is 0 Å².